The normalized spacial score (nSPS) is 14.0. The SMILES string of the molecule is CCCCCCCC/C=C\CCCCCC(CCCCC)CC(=O)C(O)(C(O)CCCCCCCCCCCCCCCCCCCCCC)C(O)CCCCCCCCCCCCCCCCCCCCCC. The first-order valence-corrected chi connectivity index (χ1v) is 34.6. The highest BCUT2D eigenvalue weighted by molar-refractivity contribution is 5.88. The van der Waals surface area contributed by atoms with Gasteiger partial charge >= 0.3 is 0 Å². The van der Waals surface area contributed by atoms with Crippen LogP contribution in [0.4, 0.5) is 0 Å². The Morgan fingerprint density at radius 3 is 0.757 bits per heavy atom. The second-order valence-electron chi connectivity index (χ2n) is 24.5. The molecule has 0 heterocycles. The zero-order valence-electron chi connectivity index (χ0n) is 51.4. The van der Waals surface area contributed by atoms with Crippen LogP contribution in [-0.2, 0) is 4.79 Å². The number of aliphatic hydroxyl groups is 3. The van der Waals surface area contributed by atoms with Crippen LogP contribution >= 0.6 is 0 Å². The average molecular weight is 1040 g/mol. The number of ketones is 1. The van der Waals surface area contributed by atoms with Crippen LogP contribution in [0.25, 0.3) is 0 Å². The molecular formula is C70H138O4. The molecule has 0 aliphatic heterocycles. The maximum Gasteiger partial charge on any atom is 0.174 e. The van der Waals surface area contributed by atoms with Crippen molar-refractivity contribution in [2.24, 2.45) is 5.92 Å². The van der Waals surface area contributed by atoms with Crippen LogP contribution in [0.5, 0.6) is 0 Å². The van der Waals surface area contributed by atoms with Crippen molar-refractivity contribution in [3.63, 3.8) is 0 Å². The van der Waals surface area contributed by atoms with Gasteiger partial charge in [0.2, 0.25) is 0 Å². The Hall–Kier alpha value is -0.710. The highest BCUT2D eigenvalue weighted by Crippen LogP contribution is 2.32. The van der Waals surface area contributed by atoms with Gasteiger partial charge < -0.3 is 15.3 Å². The first-order valence-electron chi connectivity index (χ1n) is 34.6. The second-order valence-corrected chi connectivity index (χ2v) is 24.5. The summed E-state index contributed by atoms with van der Waals surface area (Å²) in [4.78, 5) is 14.4. The van der Waals surface area contributed by atoms with E-state index in [0.717, 1.165) is 89.9 Å². The molecule has 0 aromatic rings. The minimum atomic E-state index is -2.08. The molecule has 0 aromatic heterocycles. The quantitative estimate of drug-likeness (QED) is 0.0419. The summed E-state index contributed by atoms with van der Waals surface area (Å²) < 4.78 is 0. The lowest BCUT2D eigenvalue weighted by Crippen LogP contribution is -2.58. The van der Waals surface area contributed by atoms with Crippen molar-refractivity contribution in [2.45, 2.75) is 424 Å². The molecule has 0 spiro atoms. The summed E-state index contributed by atoms with van der Waals surface area (Å²) in [6.07, 6.45) is 75.4. The third-order valence-electron chi connectivity index (χ3n) is 17.2. The molecule has 3 N–H and O–H groups in total. The highest BCUT2D eigenvalue weighted by atomic mass is 16.4. The summed E-state index contributed by atoms with van der Waals surface area (Å²) >= 11 is 0. The molecule has 0 fully saturated rings. The van der Waals surface area contributed by atoms with Crippen molar-refractivity contribution in [3.05, 3.63) is 12.2 Å². The lowest BCUT2D eigenvalue weighted by Gasteiger charge is -2.37. The Morgan fingerprint density at radius 1 is 0.297 bits per heavy atom. The summed E-state index contributed by atoms with van der Waals surface area (Å²) in [5.74, 6) is -0.111. The molecule has 0 radical (unpaired) electrons. The van der Waals surface area contributed by atoms with E-state index in [2.05, 4.69) is 39.8 Å². The molecule has 0 amide bonds. The number of hydrogen-bond donors (Lipinski definition) is 3. The largest absolute Gasteiger partial charge is 0.390 e. The Morgan fingerprint density at radius 2 is 0.486 bits per heavy atom. The van der Waals surface area contributed by atoms with E-state index in [4.69, 9.17) is 0 Å². The van der Waals surface area contributed by atoms with Crippen LogP contribution in [0.15, 0.2) is 12.2 Å². The zero-order valence-corrected chi connectivity index (χ0v) is 51.4. The molecule has 3 atom stereocenters. The van der Waals surface area contributed by atoms with Crippen LogP contribution in [0, 0.1) is 5.92 Å². The number of aliphatic hydroxyl groups excluding tert-OH is 2. The third-order valence-corrected chi connectivity index (χ3v) is 17.2. The van der Waals surface area contributed by atoms with E-state index in [1.54, 1.807) is 0 Å². The number of rotatable bonds is 64. The Labute approximate surface area is 466 Å². The zero-order chi connectivity index (χ0) is 53.9. The van der Waals surface area contributed by atoms with Gasteiger partial charge in [-0.15, -0.1) is 0 Å². The van der Waals surface area contributed by atoms with E-state index in [0.29, 0.717) is 12.8 Å². The van der Waals surface area contributed by atoms with Crippen molar-refractivity contribution in [1.29, 1.82) is 0 Å². The van der Waals surface area contributed by atoms with Gasteiger partial charge in [0, 0.05) is 6.42 Å². The van der Waals surface area contributed by atoms with Crippen LogP contribution in [-0.4, -0.2) is 38.9 Å². The molecule has 0 saturated carbocycles. The van der Waals surface area contributed by atoms with E-state index < -0.39 is 17.8 Å². The first kappa shape index (κ1) is 73.3. The van der Waals surface area contributed by atoms with Crippen LogP contribution < -0.4 is 0 Å². The predicted octanol–water partition coefficient (Wildman–Crippen LogP) is 23.3. The molecular weight excluding hydrogens is 905 g/mol. The van der Waals surface area contributed by atoms with Crippen molar-refractivity contribution >= 4 is 5.78 Å². The van der Waals surface area contributed by atoms with Gasteiger partial charge in [-0.25, -0.2) is 0 Å². The molecule has 4 nitrogen and oxygen atoms in total. The number of unbranched alkanes of at least 4 members (excludes halogenated alkanes) is 49. The smallest absolute Gasteiger partial charge is 0.174 e. The van der Waals surface area contributed by atoms with Gasteiger partial charge in [-0.3, -0.25) is 4.79 Å². The van der Waals surface area contributed by atoms with Crippen LogP contribution in [0.1, 0.15) is 407 Å². The maximum absolute atomic E-state index is 14.4. The van der Waals surface area contributed by atoms with E-state index in [9.17, 15) is 20.1 Å². The molecule has 0 saturated heterocycles. The molecule has 0 aliphatic rings. The summed E-state index contributed by atoms with van der Waals surface area (Å²) in [6.45, 7) is 9.10. The van der Waals surface area contributed by atoms with E-state index >= 15 is 0 Å². The molecule has 74 heavy (non-hydrogen) atoms. The highest BCUT2D eigenvalue weighted by Gasteiger charge is 2.48. The number of allylic oxidation sites excluding steroid dienone is 2. The van der Waals surface area contributed by atoms with Gasteiger partial charge in [0.1, 0.15) is 0 Å². The topological polar surface area (TPSA) is 77.8 Å². The van der Waals surface area contributed by atoms with Crippen molar-refractivity contribution in [2.75, 3.05) is 0 Å². The van der Waals surface area contributed by atoms with E-state index in [1.807, 2.05) is 0 Å². The Kier molecular flexibility index (Phi) is 59.4. The van der Waals surface area contributed by atoms with Crippen molar-refractivity contribution in [1.82, 2.24) is 0 Å². The molecule has 0 aromatic carbocycles. The molecule has 442 valence electrons. The average Bonchev–Trinajstić information content (AvgIpc) is 3.40. The van der Waals surface area contributed by atoms with Gasteiger partial charge in [-0.2, -0.15) is 0 Å². The standard InChI is InChI=1S/C70H138O4/c1-5-9-13-16-19-22-25-28-30-32-34-36-38-40-43-46-49-52-55-59-63-67(71)70(74,68(72)64-60-56-53-50-47-44-41-39-37-35-33-31-29-26-23-20-17-14-10-6-2)69(73)65-66(61-57-12-8-4)62-58-54-51-48-45-42-27-24-21-18-15-11-7-3/h42,45,66-68,71-72,74H,5-41,43-44,46-65H2,1-4H3/b45-42-. The molecule has 0 bridgehead atoms. The maximum atomic E-state index is 14.4. The van der Waals surface area contributed by atoms with E-state index in [-0.39, 0.29) is 18.1 Å². The fourth-order valence-electron chi connectivity index (χ4n) is 11.8. The van der Waals surface area contributed by atoms with Crippen LogP contribution in [0.3, 0.4) is 0 Å². The third kappa shape index (κ3) is 48.4. The lowest BCUT2D eigenvalue weighted by molar-refractivity contribution is -0.175. The summed E-state index contributed by atoms with van der Waals surface area (Å²) in [6, 6.07) is 0. The van der Waals surface area contributed by atoms with Crippen molar-refractivity contribution < 1.29 is 20.1 Å². The monoisotopic (exact) mass is 1040 g/mol. The van der Waals surface area contributed by atoms with Crippen molar-refractivity contribution in [3.8, 4) is 0 Å². The van der Waals surface area contributed by atoms with Gasteiger partial charge in [0.15, 0.2) is 11.4 Å². The predicted molar refractivity (Wildman–Crippen MR) is 330 cm³/mol. The fourth-order valence-corrected chi connectivity index (χ4v) is 11.8. The fraction of sp³-hybridized carbons (Fsp3) is 0.957. The number of carbonyl (C=O) groups excluding carboxylic acids is 1. The molecule has 3 unspecified atom stereocenters. The minimum absolute atomic E-state index is 0.197. The number of carbonyl (C=O) groups is 1. The molecule has 0 aliphatic carbocycles. The van der Waals surface area contributed by atoms with Gasteiger partial charge in [-0.1, -0.05) is 374 Å². The molecule has 0 rings (SSSR count). The first-order chi connectivity index (χ1) is 36.4. The van der Waals surface area contributed by atoms with E-state index in [1.165, 1.54) is 270 Å². The minimum Gasteiger partial charge on any atom is -0.390 e. The summed E-state index contributed by atoms with van der Waals surface area (Å²) in [5, 5.41) is 35.7. The number of hydrogen-bond acceptors (Lipinski definition) is 4. The molecule has 4 heteroatoms. The Balaban J connectivity index is 4.85. The summed E-state index contributed by atoms with van der Waals surface area (Å²) in [7, 11) is 0. The van der Waals surface area contributed by atoms with Crippen LogP contribution in [0.2, 0.25) is 0 Å². The Bertz CT molecular complexity index is 1050. The van der Waals surface area contributed by atoms with Gasteiger partial charge in [-0.05, 0) is 44.4 Å². The van der Waals surface area contributed by atoms with Gasteiger partial charge in [0.05, 0.1) is 12.2 Å². The lowest BCUT2D eigenvalue weighted by atomic mass is 9.77. The van der Waals surface area contributed by atoms with Gasteiger partial charge in [0.25, 0.3) is 0 Å². The summed E-state index contributed by atoms with van der Waals surface area (Å²) in [5.41, 5.74) is -2.08. The number of Topliss-reactive ketones (excluding diaryl/α,β-unsaturated/α-hetero) is 1. The second kappa shape index (κ2) is 59.9.